The van der Waals surface area contributed by atoms with E-state index in [2.05, 4.69) is 0 Å². The van der Waals surface area contributed by atoms with Crippen molar-refractivity contribution in [3.8, 4) is 0 Å². The summed E-state index contributed by atoms with van der Waals surface area (Å²) in [6, 6.07) is 4.56. The van der Waals surface area contributed by atoms with E-state index in [0.29, 0.717) is 12.0 Å². The summed E-state index contributed by atoms with van der Waals surface area (Å²) in [5.74, 6) is 0.288. The molecule has 100 valence electrons. The highest BCUT2D eigenvalue weighted by molar-refractivity contribution is 6.30. The molecule has 0 bridgehead atoms. The Kier molecular flexibility index (Phi) is 5.02. The summed E-state index contributed by atoms with van der Waals surface area (Å²) in [7, 11) is 0. The lowest BCUT2D eigenvalue weighted by Gasteiger charge is -2.22. The number of rotatable bonds is 4. The predicted molar refractivity (Wildman–Crippen MR) is 72.2 cm³/mol. The number of hydrogen-bond donors (Lipinski definition) is 1. The molecule has 0 heterocycles. The van der Waals surface area contributed by atoms with Crippen LogP contribution in [0.5, 0.6) is 0 Å². The van der Waals surface area contributed by atoms with Crippen molar-refractivity contribution in [2.45, 2.75) is 51.0 Å². The standard InChI is InChI=1S/C15H20ClFO/c16-13-8-7-12(10-14(13)17)15(18)9-6-11-4-2-1-3-5-11/h7-8,10-11,15,18H,1-6,9H2. The van der Waals surface area contributed by atoms with E-state index in [-0.39, 0.29) is 5.02 Å². The lowest BCUT2D eigenvalue weighted by Crippen LogP contribution is -2.08. The van der Waals surface area contributed by atoms with E-state index in [1.807, 2.05) is 0 Å². The van der Waals surface area contributed by atoms with Gasteiger partial charge in [-0.05, 0) is 36.5 Å². The van der Waals surface area contributed by atoms with Gasteiger partial charge in [-0.2, -0.15) is 0 Å². The molecule has 1 unspecified atom stereocenters. The van der Waals surface area contributed by atoms with Crippen LogP contribution in [0, 0.1) is 11.7 Å². The molecule has 1 aromatic carbocycles. The van der Waals surface area contributed by atoms with Crippen LogP contribution in [0.25, 0.3) is 0 Å². The highest BCUT2D eigenvalue weighted by Gasteiger charge is 2.16. The Morgan fingerprint density at radius 3 is 2.67 bits per heavy atom. The van der Waals surface area contributed by atoms with Crippen molar-refractivity contribution in [1.82, 2.24) is 0 Å². The average molecular weight is 271 g/mol. The smallest absolute Gasteiger partial charge is 0.142 e. The Bertz CT molecular complexity index is 388. The highest BCUT2D eigenvalue weighted by atomic mass is 35.5. The van der Waals surface area contributed by atoms with Crippen LogP contribution >= 0.6 is 11.6 Å². The molecule has 1 aliphatic rings. The van der Waals surface area contributed by atoms with E-state index in [9.17, 15) is 9.50 Å². The fraction of sp³-hybridized carbons (Fsp3) is 0.600. The van der Waals surface area contributed by atoms with E-state index < -0.39 is 11.9 Å². The maximum absolute atomic E-state index is 13.3. The molecular weight excluding hydrogens is 251 g/mol. The van der Waals surface area contributed by atoms with Gasteiger partial charge in [-0.15, -0.1) is 0 Å². The van der Waals surface area contributed by atoms with Crippen molar-refractivity contribution in [2.24, 2.45) is 5.92 Å². The Balaban J connectivity index is 1.86. The van der Waals surface area contributed by atoms with Crippen molar-refractivity contribution < 1.29 is 9.50 Å². The van der Waals surface area contributed by atoms with Gasteiger partial charge in [0, 0.05) is 0 Å². The van der Waals surface area contributed by atoms with Gasteiger partial charge in [0.25, 0.3) is 0 Å². The molecule has 3 heteroatoms. The van der Waals surface area contributed by atoms with Crippen LogP contribution in [0.3, 0.4) is 0 Å². The minimum absolute atomic E-state index is 0.109. The minimum atomic E-state index is -0.571. The summed E-state index contributed by atoms with van der Waals surface area (Å²) < 4.78 is 13.3. The summed E-state index contributed by atoms with van der Waals surface area (Å²) in [6.07, 6.45) is 7.72. The van der Waals surface area contributed by atoms with Crippen LogP contribution in [-0.2, 0) is 0 Å². The van der Waals surface area contributed by atoms with Crippen LogP contribution in [0.2, 0.25) is 5.02 Å². The zero-order chi connectivity index (χ0) is 13.0. The van der Waals surface area contributed by atoms with Gasteiger partial charge in [-0.3, -0.25) is 0 Å². The summed E-state index contributed by atoms with van der Waals surface area (Å²) in [5, 5.41) is 10.2. The molecule has 1 fully saturated rings. The maximum Gasteiger partial charge on any atom is 0.142 e. The molecule has 1 N–H and O–H groups in total. The quantitative estimate of drug-likeness (QED) is 0.827. The lowest BCUT2D eigenvalue weighted by atomic mass is 9.85. The third-order valence-electron chi connectivity index (χ3n) is 3.90. The van der Waals surface area contributed by atoms with E-state index in [0.717, 1.165) is 12.3 Å². The molecule has 0 radical (unpaired) electrons. The van der Waals surface area contributed by atoms with Gasteiger partial charge in [0.15, 0.2) is 0 Å². The van der Waals surface area contributed by atoms with Crippen molar-refractivity contribution in [1.29, 1.82) is 0 Å². The molecule has 1 aromatic rings. The molecule has 1 nitrogen and oxygen atoms in total. The molecule has 1 saturated carbocycles. The molecule has 1 aliphatic carbocycles. The maximum atomic E-state index is 13.3. The van der Waals surface area contributed by atoms with Crippen LogP contribution < -0.4 is 0 Å². The molecule has 0 saturated heterocycles. The number of halogens is 2. The SMILES string of the molecule is OC(CCC1CCCCC1)c1ccc(Cl)c(F)c1. The van der Waals surface area contributed by atoms with Gasteiger partial charge in [-0.1, -0.05) is 49.8 Å². The van der Waals surface area contributed by atoms with E-state index in [1.165, 1.54) is 44.2 Å². The van der Waals surface area contributed by atoms with Gasteiger partial charge in [0.1, 0.15) is 5.82 Å². The Labute approximate surface area is 113 Å². The minimum Gasteiger partial charge on any atom is -0.388 e. The van der Waals surface area contributed by atoms with E-state index in [1.54, 1.807) is 6.07 Å². The molecule has 2 rings (SSSR count). The normalized spacial score (nSPS) is 18.8. The second kappa shape index (κ2) is 6.53. The summed E-state index contributed by atoms with van der Waals surface area (Å²) in [4.78, 5) is 0. The second-order valence-electron chi connectivity index (χ2n) is 5.27. The van der Waals surface area contributed by atoms with Gasteiger partial charge >= 0.3 is 0 Å². The molecule has 0 spiro atoms. The zero-order valence-corrected chi connectivity index (χ0v) is 11.3. The number of hydrogen-bond acceptors (Lipinski definition) is 1. The summed E-state index contributed by atoms with van der Waals surface area (Å²) in [6.45, 7) is 0. The third-order valence-corrected chi connectivity index (χ3v) is 4.21. The zero-order valence-electron chi connectivity index (χ0n) is 10.5. The van der Waals surface area contributed by atoms with Crippen molar-refractivity contribution in [2.75, 3.05) is 0 Å². The van der Waals surface area contributed by atoms with Crippen LogP contribution in [0.15, 0.2) is 18.2 Å². The summed E-state index contributed by atoms with van der Waals surface area (Å²) in [5.41, 5.74) is 0.632. The number of aliphatic hydroxyl groups excluding tert-OH is 1. The van der Waals surface area contributed by atoms with E-state index >= 15 is 0 Å². The van der Waals surface area contributed by atoms with Crippen molar-refractivity contribution in [3.05, 3.63) is 34.6 Å². The molecule has 18 heavy (non-hydrogen) atoms. The Morgan fingerprint density at radius 1 is 1.28 bits per heavy atom. The number of benzene rings is 1. The largest absolute Gasteiger partial charge is 0.388 e. The Hall–Kier alpha value is -0.600. The van der Waals surface area contributed by atoms with Gasteiger partial charge < -0.3 is 5.11 Å². The lowest BCUT2D eigenvalue weighted by molar-refractivity contribution is 0.151. The first-order valence-electron chi connectivity index (χ1n) is 6.80. The van der Waals surface area contributed by atoms with Gasteiger partial charge in [-0.25, -0.2) is 4.39 Å². The molecular formula is C15H20ClFO. The molecule has 0 aliphatic heterocycles. The molecule has 1 atom stereocenters. The first-order chi connectivity index (χ1) is 8.66. The fourth-order valence-electron chi connectivity index (χ4n) is 2.76. The average Bonchev–Trinajstić information content (AvgIpc) is 2.40. The van der Waals surface area contributed by atoms with Crippen molar-refractivity contribution >= 4 is 11.6 Å². The van der Waals surface area contributed by atoms with Crippen molar-refractivity contribution in [3.63, 3.8) is 0 Å². The molecule has 0 amide bonds. The third kappa shape index (κ3) is 3.69. The fourth-order valence-corrected chi connectivity index (χ4v) is 2.87. The molecule has 0 aromatic heterocycles. The van der Waals surface area contributed by atoms with Crippen LogP contribution in [0.1, 0.15) is 56.6 Å². The summed E-state index contributed by atoms with van der Waals surface area (Å²) >= 11 is 5.63. The number of aliphatic hydroxyl groups is 1. The van der Waals surface area contributed by atoms with Gasteiger partial charge in [0.2, 0.25) is 0 Å². The van der Waals surface area contributed by atoms with E-state index in [4.69, 9.17) is 11.6 Å². The van der Waals surface area contributed by atoms with Gasteiger partial charge in [0.05, 0.1) is 11.1 Å². The van der Waals surface area contributed by atoms with Crippen LogP contribution in [0.4, 0.5) is 4.39 Å². The Morgan fingerprint density at radius 2 is 2.00 bits per heavy atom. The highest BCUT2D eigenvalue weighted by Crippen LogP contribution is 2.31. The van der Waals surface area contributed by atoms with Crippen LogP contribution in [-0.4, -0.2) is 5.11 Å². The topological polar surface area (TPSA) is 20.2 Å². The first kappa shape index (κ1) is 13.8. The first-order valence-corrected chi connectivity index (χ1v) is 7.17. The monoisotopic (exact) mass is 270 g/mol. The predicted octanol–water partition coefficient (Wildman–Crippen LogP) is 4.87. The second-order valence-corrected chi connectivity index (χ2v) is 5.68.